The summed E-state index contributed by atoms with van der Waals surface area (Å²) in [7, 11) is -2.84. The van der Waals surface area contributed by atoms with E-state index in [-0.39, 0.29) is 36.2 Å². The van der Waals surface area contributed by atoms with Crippen molar-refractivity contribution in [1.29, 1.82) is 0 Å². The van der Waals surface area contributed by atoms with Crippen LogP contribution in [-0.4, -0.2) is 98.5 Å². The Balaban J connectivity index is 1.84. The molecule has 2 aromatic rings. The molecule has 1 fully saturated rings. The van der Waals surface area contributed by atoms with Crippen LogP contribution in [0.15, 0.2) is 0 Å². The molecule has 45 heavy (non-hydrogen) atoms. The van der Waals surface area contributed by atoms with Crippen molar-refractivity contribution in [3.05, 3.63) is 3.83 Å². The zero-order chi connectivity index (χ0) is 33.5. The monoisotopic (exact) mass is 771 g/mol. The summed E-state index contributed by atoms with van der Waals surface area (Å²) in [6.45, 7) is 7.94. The number of nitrogen functional groups attached to an aromatic ring is 1. The van der Waals surface area contributed by atoms with Crippen molar-refractivity contribution < 1.29 is 47.8 Å². The minimum Gasteiger partial charge on any atom is -0.479 e. The van der Waals surface area contributed by atoms with Crippen molar-refractivity contribution in [1.82, 2.24) is 29.7 Å². The molecule has 1 aliphatic rings. The van der Waals surface area contributed by atoms with Gasteiger partial charge in [-0.05, 0) is 33.6 Å². The van der Waals surface area contributed by atoms with E-state index in [4.69, 9.17) is 29.2 Å². The Hall–Kier alpha value is -2.19. The Bertz CT molecular complexity index is 1350. The van der Waals surface area contributed by atoms with Gasteiger partial charge < -0.3 is 39.4 Å². The van der Waals surface area contributed by atoms with E-state index in [0.29, 0.717) is 16.7 Å². The van der Waals surface area contributed by atoms with Crippen molar-refractivity contribution in [3.63, 3.8) is 0 Å². The maximum atomic E-state index is 14.1. The first-order chi connectivity index (χ1) is 21.2. The largest absolute Gasteiger partial charge is 0.479 e. The number of nitrogens with one attached hydrogen (secondary N) is 2. The van der Waals surface area contributed by atoms with Crippen LogP contribution in [0.4, 0.5) is 5.95 Å². The van der Waals surface area contributed by atoms with Gasteiger partial charge in [0.25, 0.3) is 0 Å². The summed E-state index contributed by atoms with van der Waals surface area (Å²) in [5.74, 6) is -1.36. The molecule has 0 radical (unpaired) electrons. The third-order valence-corrected chi connectivity index (χ3v) is 9.73. The molecule has 17 nitrogen and oxygen atoms in total. The fraction of sp³-hybridized carbons (Fsp3) is 0.731. The number of carbonyl (C=O) groups excluding carboxylic acids is 2. The molecule has 0 aliphatic carbocycles. The van der Waals surface area contributed by atoms with E-state index >= 15 is 0 Å². The van der Waals surface area contributed by atoms with Gasteiger partial charge in [-0.25, -0.2) is 15.2 Å². The first kappa shape index (κ1) is 37.3. The maximum absolute atomic E-state index is 14.1. The normalized spacial score (nSPS) is 23.2. The summed E-state index contributed by atoms with van der Waals surface area (Å²) >= 11 is 1.91. The van der Waals surface area contributed by atoms with Crippen molar-refractivity contribution in [2.45, 2.75) is 96.4 Å². The smallest absolute Gasteiger partial charge is 0.342 e. The number of methoxy groups -OCH3 is 1. The number of esters is 2. The number of aliphatic hydroxyl groups is 2. The van der Waals surface area contributed by atoms with Gasteiger partial charge in [0.15, 0.2) is 21.2 Å². The molecule has 0 unspecified atom stereocenters. The highest BCUT2D eigenvalue weighted by Crippen LogP contribution is 2.45. The standard InChI is InChI=1S/C26H43IN7O10P/c1-7-9-11-41-21(36)14(3)32-45(39,33-15(4)22(37)42-12-10-8-2)43-13-16-18(35)26(5,38)23(44-16)34-19-17(29-24(34)27)20(40-6)31-25(28)30-19/h14-16,18,23,35,38H,7-13H2,1-6H3,(H2,28,30,31)(H2,32,33,39)/t14-,15-,16+,18+,23+,26+/m0/s1. The van der Waals surface area contributed by atoms with Gasteiger partial charge in [0.2, 0.25) is 11.8 Å². The predicted octanol–water partition coefficient (Wildman–Crippen LogP) is 1.80. The number of unbranched alkanes of at least 4 members (excludes halogenated alkanes) is 2. The van der Waals surface area contributed by atoms with Gasteiger partial charge in [0.1, 0.15) is 29.9 Å². The van der Waals surface area contributed by atoms with Crippen molar-refractivity contribution >= 4 is 59.3 Å². The number of nitrogens with two attached hydrogens (primary N) is 1. The van der Waals surface area contributed by atoms with Crippen LogP contribution in [-0.2, 0) is 32.9 Å². The zero-order valence-corrected chi connectivity index (χ0v) is 29.2. The number of aliphatic hydroxyl groups excluding tert-OH is 1. The lowest BCUT2D eigenvalue weighted by Crippen LogP contribution is -2.45. The molecule has 0 aromatic carbocycles. The summed E-state index contributed by atoms with van der Waals surface area (Å²) in [5, 5.41) is 27.7. The highest BCUT2D eigenvalue weighted by Gasteiger charge is 2.54. The van der Waals surface area contributed by atoms with E-state index in [9.17, 15) is 24.4 Å². The van der Waals surface area contributed by atoms with E-state index in [1.54, 1.807) is 0 Å². The van der Waals surface area contributed by atoms with Gasteiger partial charge >= 0.3 is 19.6 Å². The number of carbonyl (C=O) groups is 2. The molecule has 6 N–H and O–H groups in total. The second-order valence-corrected chi connectivity index (χ2v) is 13.6. The van der Waals surface area contributed by atoms with Crippen molar-refractivity contribution in [2.24, 2.45) is 0 Å². The average Bonchev–Trinajstić information content (AvgIpc) is 3.42. The third kappa shape index (κ3) is 9.00. The fourth-order valence-electron chi connectivity index (χ4n) is 4.43. The van der Waals surface area contributed by atoms with E-state index in [2.05, 4.69) is 25.1 Å². The molecule has 254 valence electrons. The molecule has 3 heterocycles. The summed E-state index contributed by atoms with van der Waals surface area (Å²) < 4.78 is 43.3. The number of hydrogen-bond donors (Lipinski definition) is 5. The van der Waals surface area contributed by atoms with Crippen LogP contribution in [0.5, 0.6) is 5.88 Å². The third-order valence-electron chi connectivity index (χ3n) is 7.00. The van der Waals surface area contributed by atoms with Crippen LogP contribution >= 0.6 is 30.3 Å². The molecule has 1 aliphatic heterocycles. The second-order valence-electron chi connectivity index (χ2n) is 10.8. The Labute approximate surface area is 275 Å². The van der Waals surface area contributed by atoms with Gasteiger partial charge in [-0.3, -0.25) is 18.7 Å². The average molecular weight is 772 g/mol. The molecule has 0 spiro atoms. The molecule has 0 amide bonds. The quantitative estimate of drug-likeness (QED) is 0.0508. The molecule has 19 heteroatoms. The van der Waals surface area contributed by atoms with Crippen LogP contribution in [0.1, 0.15) is 66.5 Å². The van der Waals surface area contributed by atoms with Crippen LogP contribution in [0.25, 0.3) is 11.2 Å². The number of halogens is 1. The van der Waals surface area contributed by atoms with Gasteiger partial charge in [-0.15, -0.1) is 0 Å². The van der Waals surface area contributed by atoms with Crippen LogP contribution in [0.2, 0.25) is 0 Å². The molecule has 0 bridgehead atoms. The lowest BCUT2D eigenvalue weighted by atomic mass is 9.96. The number of rotatable bonds is 17. The van der Waals surface area contributed by atoms with Gasteiger partial charge in [0.05, 0.1) is 26.9 Å². The Kier molecular flexibility index (Phi) is 13.3. The Morgan fingerprint density at radius 1 is 1.11 bits per heavy atom. The Morgan fingerprint density at radius 3 is 2.18 bits per heavy atom. The summed E-state index contributed by atoms with van der Waals surface area (Å²) in [5.41, 5.74) is 4.37. The van der Waals surface area contributed by atoms with Crippen LogP contribution in [0, 0.1) is 3.83 Å². The number of imidazole rings is 1. The predicted molar refractivity (Wildman–Crippen MR) is 170 cm³/mol. The minimum atomic E-state index is -4.23. The maximum Gasteiger partial charge on any atom is 0.342 e. The number of aromatic nitrogens is 4. The SMILES string of the molecule is CCCCOC(=O)[C@H](C)NP(=O)(N[C@@H](C)C(=O)OCCCC)OC[C@H]1O[C@@H](n2c(I)nc3c(OC)nc(N)nc32)[C@](C)(O)[C@@H]1O. The minimum absolute atomic E-state index is 0.106. The molecular formula is C26H43IN7O10P. The van der Waals surface area contributed by atoms with E-state index in [1.165, 1.54) is 32.4 Å². The molecule has 3 rings (SSSR count). The number of nitrogens with zero attached hydrogens (tertiary/aromatic N) is 4. The van der Waals surface area contributed by atoms with Crippen LogP contribution in [0.3, 0.4) is 0 Å². The molecule has 1 saturated heterocycles. The molecule has 6 atom stereocenters. The number of fused-ring (bicyclic) bond motifs is 1. The summed E-state index contributed by atoms with van der Waals surface area (Å²) in [6.07, 6.45) is -1.12. The van der Waals surface area contributed by atoms with Gasteiger partial charge in [-0.1, -0.05) is 26.7 Å². The fourth-order valence-corrected chi connectivity index (χ4v) is 6.96. The molecule has 0 saturated carbocycles. The first-order valence-electron chi connectivity index (χ1n) is 14.6. The number of hydrogen-bond acceptors (Lipinski definition) is 14. The topological polar surface area (TPSA) is 232 Å². The van der Waals surface area contributed by atoms with E-state index < -0.39 is 62.3 Å². The first-order valence-corrected chi connectivity index (χ1v) is 17.3. The van der Waals surface area contributed by atoms with Crippen molar-refractivity contribution in [3.8, 4) is 5.88 Å². The Morgan fingerprint density at radius 2 is 1.67 bits per heavy atom. The highest BCUT2D eigenvalue weighted by atomic mass is 127. The zero-order valence-electron chi connectivity index (χ0n) is 26.2. The second kappa shape index (κ2) is 16.1. The number of ether oxygens (including phenoxy) is 4. The van der Waals surface area contributed by atoms with Crippen LogP contribution < -0.4 is 20.6 Å². The number of anilines is 1. The highest BCUT2D eigenvalue weighted by molar-refractivity contribution is 14.1. The van der Waals surface area contributed by atoms with Gasteiger partial charge in [0, 0.05) is 22.6 Å². The molecule has 2 aromatic heterocycles. The molecular weight excluding hydrogens is 728 g/mol. The summed E-state index contributed by atoms with van der Waals surface area (Å²) in [6, 6.07) is -2.21. The lowest BCUT2D eigenvalue weighted by molar-refractivity contribution is -0.145. The van der Waals surface area contributed by atoms with E-state index in [1.807, 2.05) is 36.4 Å². The van der Waals surface area contributed by atoms with E-state index in [0.717, 1.165) is 12.8 Å². The van der Waals surface area contributed by atoms with Crippen molar-refractivity contribution in [2.75, 3.05) is 32.7 Å². The summed E-state index contributed by atoms with van der Waals surface area (Å²) in [4.78, 5) is 37.8. The van der Waals surface area contributed by atoms with Gasteiger partial charge in [-0.2, -0.15) is 9.97 Å². The lowest BCUT2D eigenvalue weighted by Gasteiger charge is -2.28.